The van der Waals surface area contributed by atoms with Gasteiger partial charge in [0, 0.05) is 20.3 Å². The highest BCUT2D eigenvalue weighted by molar-refractivity contribution is 5.85. The van der Waals surface area contributed by atoms with Crippen LogP contribution in [0.1, 0.15) is 38.5 Å². The van der Waals surface area contributed by atoms with E-state index in [0.29, 0.717) is 6.54 Å². The first kappa shape index (κ1) is 13.8. The molecule has 1 saturated carbocycles. The highest BCUT2D eigenvalue weighted by atomic mass is 16.5. The van der Waals surface area contributed by atoms with Crippen molar-refractivity contribution < 1.29 is 14.3 Å². The summed E-state index contributed by atoms with van der Waals surface area (Å²) in [4.78, 5) is 11.9. The molecule has 2 fully saturated rings. The molecule has 2 rings (SSSR count). The average molecular weight is 256 g/mol. The molecule has 1 saturated heterocycles. The number of carbonyl (C=O) groups is 1. The summed E-state index contributed by atoms with van der Waals surface area (Å²) in [5.74, 6) is -0.299. The summed E-state index contributed by atoms with van der Waals surface area (Å²) >= 11 is 0. The van der Waals surface area contributed by atoms with E-state index in [1.807, 2.05) is 0 Å². The van der Waals surface area contributed by atoms with E-state index >= 15 is 0 Å². The zero-order valence-electron chi connectivity index (χ0n) is 11.1. The third kappa shape index (κ3) is 2.68. The maximum atomic E-state index is 11.9. The molecule has 3 N–H and O–H groups in total. The molecule has 2 aliphatic rings. The van der Waals surface area contributed by atoms with Crippen LogP contribution < -0.4 is 11.1 Å². The number of methoxy groups -OCH3 is 1. The van der Waals surface area contributed by atoms with Gasteiger partial charge in [0.25, 0.3) is 0 Å². The highest BCUT2D eigenvalue weighted by Crippen LogP contribution is 2.31. The van der Waals surface area contributed by atoms with Gasteiger partial charge in [-0.1, -0.05) is 12.8 Å². The van der Waals surface area contributed by atoms with Crippen molar-refractivity contribution in [1.82, 2.24) is 5.32 Å². The maximum absolute atomic E-state index is 11.9. The van der Waals surface area contributed by atoms with E-state index in [4.69, 9.17) is 15.2 Å². The number of ether oxygens (including phenoxy) is 2. The van der Waals surface area contributed by atoms with Gasteiger partial charge in [0.15, 0.2) is 0 Å². The van der Waals surface area contributed by atoms with Gasteiger partial charge in [-0.3, -0.25) is 10.1 Å². The minimum Gasteiger partial charge on any atom is -0.379 e. The van der Waals surface area contributed by atoms with Crippen LogP contribution in [0.15, 0.2) is 0 Å². The molecule has 3 atom stereocenters. The van der Waals surface area contributed by atoms with Crippen LogP contribution in [-0.4, -0.2) is 43.9 Å². The Labute approximate surface area is 108 Å². The molecule has 0 spiro atoms. The molecular formula is C13H24N2O3. The zero-order valence-corrected chi connectivity index (χ0v) is 11.1. The molecule has 0 bridgehead atoms. The predicted molar refractivity (Wildman–Crippen MR) is 68.2 cm³/mol. The lowest BCUT2D eigenvalue weighted by molar-refractivity contribution is -0.133. The van der Waals surface area contributed by atoms with Crippen LogP contribution in [0.3, 0.4) is 0 Å². The number of rotatable bonds is 5. The lowest BCUT2D eigenvalue weighted by Gasteiger charge is -2.42. The molecule has 1 heterocycles. The topological polar surface area (TPSA) is 73.6 Å². The van der Waals surface area contributed by atoms with E-state index in [-0.39, 0.29) is 18.1 Å². The van der Waals surface area contributed by atoms with Crippen molar-refractivity contribution in [3.8, 4) is 0 Å². The second kappa shape index (κ2) is 5.99. The van der Waals surface area contributed by atoms with Crippen LogP contribution in [0.25, 0.3) is 0 Å². The molecule has 18 heavy (non-hydrogen) atoms. The minimum atomic E-state index is -0.709. The molecule has 0 radical (unpaired) electrons. The summed E-state index contributed by atoms with van der Waals surface area (Å²) in [5.41, 5.74) is 4.92. The Morgan fingerprint density at radius 2 is 2.28 bits per heavy atom. The highest BCUT2D eigenvalue weighted by Gasteiger charge is 2.46. The van der Waals surface area contributed by atoms with Crippen LogP contribution in [0.4, 0.5) is 0 Å². The SMILES string of the molecule is COC1CCCCC1(NCC1CCCO1)C(N)=O. The van der Waals surface area contributed by atoms with Gasteiger partial charge >= 0.3 is 0 Å². The standard InChI is InChI=1S/C13H24N2O3/c1-17-11-6-2-3-7-13(11,12(14)16)15-9-10-5-4-8-18-10/h10-11,15H,2-9H2,1H3,(H2,14,16). The summed E-state index contributed by atoms with van der Waals surface area (Å²) in [6, 6.07) is 0. The fraction of sp³-hybridized carbons (Fsp3) is 0.923. The summed E-state index contributed by atoms with van der Waals surface area (Å²) in [6.45, 7) is 1.51. The smallest absolute Gasteiger partial charge is 0.240 e. The van der Waals surface area contributed by atoms with Crippen molar-refractivity contribution in [3.63, 3.8) is 0 Å². The number of amides is 1. The Kier molecular flexibility index (Phi) is 4.59. The third-order valence-corrected chi connectivity index (χ3v) is 4.23. The molecule has 1 aliphatic heterocycles. The Morgan fingerprint density at radius 3 is 2.89 bits per heavy atom. The molecule has 3 unspecified atom stereocenters. The Bertz CT molecular complexity index is 292. The van der Waals surface area contributed by atoms with E-state index in [2.05, 4.69) is 5.32 Å². The zero-order chi connectivity index (χ0) is 13.0. The first-order valence-corrected chi connectivity index (χ1v) is 6.88. The van der Waals surface area contributed by atoms with Gasteiger partial charge in [0.05, 0.1) is 12.2 Å². The van der Waals surface area contributed by atoms with E-state index in [9.17, 15) is 4.79 Å². The van der Waals surface area contributed by atoms with Gasteiger partial charge in [-0.15, -0.1) is 0 Å². The van der Waals surface area contributed by atoms with Gasteiger partial charge in [0.2, 0.25) is 5.91 Å². The molecule has 0 aromatic carbocycles. The van der Waals surface area contributed by atoms with Gasteiger partial charge < -0.3 is 15.2 Å². The summed E-state index contributed by atoms with van der Waals surface area (Å²) in [6.07, 6.45) is 6.00. The molecule has 1 amide bonds. The molecule has 0 aromatic rings. The first-order valence-electron chi connectivity index (χ1n) is 6.88. The van der Waals surface area contributed by atoms with E-state index in [1.165, 1.54) is 0 Å². The normalized spacial score (nSPS) is 36.7. The van der Waals surface area contributed by atoms with Crippen molar-refractivity contribution in [2.24, 2.45) is 5.73 Å². The molecule has 0 aromatic heterocycles. The van der Waals surface area contributed by atoms with Crippen molar-refractivity contribution in [3.05, 3.63) is 0 Å². The number of nitrogens with two attached hydrogens (primary N) is 1. The average Bonchev–Trinajstić information content (AvgIpc) is 2.89. The molecule has 5 nitrogen and oxygen atoms in total. The predicted octanol–water partition coefficient (Wildman–Crippen LogP) is 0.568. The first-order chi connectivity index (χ1) is 8.69. The monoisotopic (exact) mass is 256 g/mol. The lowest BCUT2D eigenvalue weighted by atomic mass is 9.78. The van der Waals surface area contributed by atoms with Crippen LogP contribution in [-0.2, 0) is 14.3 Å². The van der Waals surface area contributed by atoms with E-state index < -0.39 is 5.54 Å². The molecular weight excluding hydrogens is 232 g/mol. The van der Waals surface area contributed by atoms with Crippen molar-refractivity contribution in [2.75, 3.05) is 20.3 Å². The second-order valence-corrected chi connectivity index (χ2v) is 5.32. The largest absolute Gasteiger partial charge is 0.379 e. The summed E-state index contributed by atoms with van der Waals surface area (Å²) in [5, 5.41) is 3.35. The summed E-state index contributed by atoms with van der Waals surface area (Å²) < 4.78 is 11.1. The van der Waals surface area contributed by atoms with E-state index in [0.717, 1.165) is 45.1 Å². The van der Waals surface area contributed by atoms with E-state index in [1.54, 1.807) is 7.11 Å². The summed E-state index contributed by atoms with van der Waals surface area (Å²) in [7, 11) is 1.65. The molecule has 1 aliphatic carbocycles. The van der Waals surface area contributed by atoms with Crippen LogP contribution in [0, 0.1) is 0 Å². The second-order valence-electron chi connectivity index (χ2n) is 5.32. The number of carbonyl (C=O) groups excluding carboxylic acids is 1. The van der Waals surface area contributed by atoms with Gasteiger partial charge in [-0.2, -0.15) is 0 Å². The van der Waals surface area contributed by atoms with Gasteiger partial charge in [0.1, 0.15) is 5.54 Å². The van der Waals surface area contributed by atoms with Crippen molar-refractivity contribution in [1.29, 1.82) is 0 Å². The molecule has 5 heteroatoms. The third-order valence-electron chi connectivity index (χ3n) is 4.23. The van der Waals surface area contributed by atoms with Crippen LogP contribution in [0.5, 0.6) is 0 Å². The Balaban J connectivity index is 2.02. The fourth-order valence-corrected chi connectivity index (χ4v) is 3.13. The number of primary amides is 1. The minimum absolute atomic E-state index is 0.120. The lowest BCUT2D eigenvalue weighted by Crippen LogP contribution is -2.65. The van der Waals surface area contributed by atoms with Crippen molar-refractivity contribution >= 4 is 5.91 Å². The number of hydrogen-bond acceptors (Lipinski definition) is 4. The number of nitrogens with one attached hydrogen (secondary N) is 1. The van der Waals surface area contributed by atoms with Gasteiger partial charge in [-0.25, -0.2) is 0 Å². The maximum Gasteiger partial charge on any atom is 0.240 e. The Morgan fingerprint density at radius 1 is 1.44 bits per heavy atom. The van der Waals surface area contributed by atoms with Crippen LogP contribution in [0.2, 0.25) is 0 Å². The van der Waals surface area contributed by atoms with Gasteiger partial charge in [-0.05, 0) is 25.7 Å². The Hall–Kier alpha value is -0.650. The molecule has 104 valence electrons. The fourth-order valence-electron chi connectivity index (χ4n) is 3.13. The quantitative estimate of drug-likeness (QED) is 0.754. The van der Waals surface area contributed by atoms with Crippen molar-refractivity contribution in [2.45, 2.75) is 56.3 Å². The number of hydrogen-bond donors (Lipinski definition) is 2. The van der Waals surface area contributed by atoms with Crippen LogP contribution >= 0.6 is 0 Å².